The molecule has 0 atom stereocenters. The number of halogens is 2. The van der Waals surface area contributed by atoms with Gasteiger partial charge in [-0.15, -0.1) is 0 Å². The Morgan fingerprint density at radius 1 is 1.05 bits per heavy atom. The maximum Gasteiger partial charge on any atom is 0.0660 e. The van der Waals surface area contributed by atoms with Gasteiger partial charge in [0.05, 0.1) is 12.7 Å². The summed E-state index contributed by atoms with van der Waals surface area (Å²) in [6.07, 6.45) is 4.01. The minimum absolute atomic E-state index is 0.781. The Balaban J connectivity index is 1.84. The number of nitrogens with zero attached hydrogens (tertiary/aromatic N) is 2. The van der Waals surface area contributed by atoms with Gasteiger partial charge < -0.3 is 0 Å². The first kappa shape index (κ1) is 13.8. The third kappa shape index (κ3) is 3.30. The molecule has 0 aliphatic heterocycles. The second kappa shape index (κ2) is 6.10. The van der Waals surface area contributed by atoms with E-state index in [1.54, 1.807) is 0 Å². The minimum atomic E-state index is 0.781. The highest BCUT2D eigenvalue weighted by Crippen LogP contribution is 2.21. The predicted octanol–water partition coefficient (Wildman–Crippen LogP) is 4.97. The number of hydrogen-bond acceptors (Lipinski definition) is 1. The van der Waals surface area contributed by atoms with Crippen molar-refractivity contribution in [1.29, 1.82) is 0 Å². The zero-order valence-electron chi connectivity index (χ0n) is 10.6. The summed E-state index contributed by atoms with van der Waals surface area (Å²) in [7, 11) is 0. The molecule has 20 heavy (non-hydrogen) atoms. The summed E-state index contributed by atoms with van der Waals surface area (Å²) in [5.74, 6) is 0. The fourth-order valence-electron chi connectivity index (χ4n) is 2.09. The summed E-state index contributed by atoms with van der Waals surface area (Å²) in [5, 5.41) is 4.45. The molecular weight excluding hydrogens is 427 g/mol. The first-order chi connectivity index (χ1) is 9.70. The Labute approximate surface area is 140 Å². The van der Waals surface area contributed by atoms with Gasteiger partial charge in [-0.05, 0) is 58.0 Å². The van der Waals surface area contributed by atoms with Gasteiger partial charge in [-0.25, -0.2) is 0 Å². The van der Waals surface area contributed by atoms with Gasteiger partial charge in [-0.3, -0.25) is 4.68 Å². The number of aromatic nitrogens is 2. The molecule has 0 fully saturated rings. The van der Waals surface area contributed by atoms with Gasteiger partial charge in [0.2, 0.25) is 0 Å². The van der Waals surface area contributed by atoms with Crippen molar-refractivity contribution in [2.24, 2.45) is 0 Å². The van der Waals surface area contributed by atoms with E-state index in [0.29, 0.717) is 0 Å². The Hall–Kier alpha value is -1.14. The monoisotopic (exact) mass is 438 g/mol. The normalized spacial score (nSPS) is 10.7. The van der Waals surface area contributed by atoms with Gasteiger partial charge in [0.25, 0.3) is 0 Å². The van der Waals surface area contributed by atoms with Crippen LogP contribution in [0.15, 0.2) is 65.4 Å². The van der Waals surface area contributed by atoms with E-state index in [1.807, 2.05) is 23.0 Å². The van der Waals surface area contributed by atoms with Crippen LogP contribution in [0.1, 0.15) is 5.56 Å². The van der Waals surface area contributed by atoms with Crippen molar-refractivity contribution in [3.8, 4) is 11.1 Å². The third-order valence-electron chi connectivity index (χ3n) is 3.02. The van der Waals surface area contributed by atoms with Crippen molar-refractivity contribution in [2.75, 3.05) is 0 Å². The third-order valence-corrected chi connectivity index (χ3v) is 4.19. The van der Waals surface area contributed by atoms with E-state index < -0.39 is 0 Å². The first-order valence-electron chi connectivity index (χ1n) is 6.23. The summed E-state index contributed by atoms with van der Waals surface area (Å²) in [5.41, 5.74) is 3.59. The molecule has 0 N–H and O–H groups in total. The van der Waals surface area contributed by atoms with Gasteiger partial charge in [-0.1, -0.05) is 40.2 Å². The lowest BCUT2D eigenvalue weighted by Crippen LogP contribution is -1.99. The quantitative estimate of drug-likeness (QED) is 0.528. The largest absolute Gasteiger partial charge is 0.268 e. The number of rotatable bonds is 3. The lowest BCUT2D eigenvalue weighted by Gasteiger charge is -2.02. The molecule has 1 aromatic heterocycles. The second-order valence-corrected chi connectivity index (χ2v) is 6.73. The van der Waals surface area contributed by atoms with E-state index in [2.05, 4.69) is 86.2 Å². The molecule has 3 rings (SSSR count). The van der Waals surface area contributed by atoms with E-state index >= 15 is 0 Å². The minimum Gasteiger partial charge on any atom is -0.268 e. The average molecular weight is 439 g/mol. The fraction of sp³-hybridized carbons (Fsp3) is 0.0625. The molecule has 0 unspecified atom stereocenters. The molecule has 0 saturated carbocycles. The van der Waals surface area contributed by atoms with Crippen LogP contribution in [0.25, 0.3) is 11.1 Å². The van der Waals surface area contributed by atoms with Crippen molar-refractivity contribution < 1.29 is 0 Å². The van der Waals surface area contributed by atoms with Crippen LogP contribution in [0.4, 0.5) is 0 Å². The highest BCUT2D eigenvalue weighted by Gasteiger charge is 2.03. The molecule has 0 aliphatic carbocycles. The van der Waals surface area contributed by atoms with Crippen molar-refractivity contribution in [2.45, 2.75) is 6.54 Å². The van der Waals surface area contributed by atoms with E-state index in [1.165, 1.54) is 14.7 Å². The summed E-state index contributed by atoms with van der Waals surface area (Å²) in [6, 6.07) is 16.8. The van der Waals surface area contributed by atoms with Gasteiger partial charge in [-0.2, -0.15) is 5.10 Å². The van der Waals surface area contributed by atoms with Crippen LogP contribution >= 0.6 is 38.5 Å². The van der Waals surface area contributed by atoms with Crippen LogP contribution in [0.3, 0.4) is 0 Å². The second-order valence-electron chi connectivity index (χ2n) is 4.57. The zero-order valence-corrected chi connectivity index (χ0v) is 14.4. The molecule has 0 bridgehead atoms. The van der Waals surface area contributed by atoms with Crippen molar-refractivity contribution in [3.05, 3.63) is 74.5 Å². The molecule has 1 heterocycles. The SMILES string of the molecule is Brc1cccc(Cn2cc(-c3cccc(I)c3)cn2)c1. The number of benzene rings is 2. The molecule has 2 aromatic carbocycles. The highest BCUT2D eigenvalue weighted by atomic mass is 127. The van der Waals surface area contributed by atoms with Crippen LogP contribution < -0.4 is 0 Å². The Morgan fingerprint density at radius 3 is 2.70 bits per heavy atom. The zero-order chi connectivity index (χ0) is 13.9. The standard InChI is InChI=1S/C16H12BrIN2/c17-15-5-1-3-12(7-15)10-20-11-14(9-19-20)13-4-2-6-16(18)8-13/h1-9,11H,10H2. The smallest absolute Gasteiger partial charge is 0.0660 e. The highest BCUT2D eigenvalue weighted by molar-refractivity contribution is 14.1. The Bertz CT molecular complexity index is 737. The van der Waals surface area contributed by atoms with Crippen LogP contribution in [-0.4, -0.2) is 9.78 Å². The lowest BCUT2D eigenvalue weighted by atomic mass is 10.1. The predicted molar refractivity (Wildman–Crippen MR) is 93.6 cm³/mol. The van der Waals surface area contributed by atoms with E-state index in [0.717, 1.165) is 16.6 Å². The van der Waals surface area contributed by atoms with Gasteiger partial charge >= 0.3 is 0 Å². The van der Waals surface area contributed by atoms with Crippen molar-refractivity contribution in [1.82, 2.24) is 9.78 Å². The molecule has 2 nitrogen and oxygen atoms in total. The molecule has 0 amide bonds. The van der Waals surface area contributed by atoms with Crippen LogP contribution in [-0.2, 0) is 6.54 Å². The molecule has 4 heteroatoms. The van der Waals surface area contributed by atoms with E-state index in [-0.39, 0.29) is 0 Å². The summed E-state index contributed by atoms with van der Waals surface area (Å²) in [4.78, 5) is 0. The van der Waals surface area contributed by atoms with Crippen molar-refractivity contribution >= 4 is 38.5 Å². The first-order valence-corrected chi connectivity index (χ1v) is 8.11. The molecule has 100 valence electrons. The Kier molecular flexibility index (Phi) is 4.21. The van der Waals surface area contributed by atoms with Gasteiger partial charge in [0, 0.05) is 19.8 Å². The van der Waals surface area contributed by atoms with E-state index in [9.17, 15) is 0 Å². The summed E-state index contributed by atoms with van der Waals surface area (Å²) >= 11 is 5.82. The molecule has 0 radical (unpaired) electrons. The average Bonchev–Trinajstić information content (AvgIpc) is 2.87. The van der Waals surface area contributed by atoms with E-state index in [4.69, 9.17) is 0 Å². The van der Waals surface area contributed by atoms with Gasteiger partial charge in [0.15, 0.2) is 0 Å². The summed E-state index contributed by atoms with van der Waals surface area (Å²) < 4.78 is 4.30. The summed E-state index contributed by atoms with van der Waals surface area (Å²) in [6.45, 7) is 0.781. The van der Waals surface area contributed by atoms with Gasteiger partial charge in [0.1, 0.15) is 0 Å². The molecular formula is C16H12BrIN2. The molecule has 0 spiro atoms. The molecule has 0 aliphatic rings. The Morgan fingerprint density at radius 2 is 1.90 bits per heavy atom. The van der Waals surface area contributed by atoms with Crippen LogP contribution in [0.2, 0.25) is 0 Å². The maximum atomic E-state index is 4.45. The maximum absolute atomic E-state index is 4.45. The molecule has 0 saturated heterocycles. The molecule has 3 aromatic rings. The number of hydrogen-bond donors (Lipinski definition) is 0. The van der Waals surface area contributed by atoms with Crippen LogP contribution in [0, 0.1) is 3.57 Å². The van der Waals surface area contributed by atoms with Crippen LogP contribution in [0.5, 0.6) is 0 Å². The van der Waals surface area contributed by atoms with Crippen molar-refractivity contribution in [3.63, 3.8) is 0 Å². The topological polar surface area (TPSA) is 17.8 Å². The fourth-order valence-corrected chi connectivity index (χ4v) is 3.08. The lowest BCUT2D eigenvalue weighted by molar-refractivity contribution is 0.687.